The lowest BCUT2D eigenvalue weighted by Gasteiger charge is -2.11. The molecule has 216 valence electrons. The molecule has 0 spiro atoms. The van der Waals surface area contributed by atoms with E-state index in [1.807, 2.05) is 0 Å². The normalized spacial score (nSPS) is 18.4. The van der Waals surface area contributed by atoms with Crippen molar-refractivity contribution >= 4 is 23.9 Å². The van der Waals surface area contributed by atoms with E-state index in [0.29, 0.717) is 25.7 Å². The molecule has 2 aromatic rings. The van der Waals surface area contributed by atoms with E-state index in [2.05, 4.69) is 0 Å². The molecule has 0 aliphatic carbocycles. The highest BCUT2D eigenvalue weighted by molar-refractivity contribution is 5.77. The molecule has 0 saturated carbocycles. The summed E-state index contributed by atoms with van der Waals surface area (Å²) in [5, 5.41) is 0. The van der Waals surface area contributed by atoms with Gasteiger partial charge in [0.15, 0.2) is 23.0 Å². The van der Waals surface area contributed by atoms with Gasteiger partial charge in [0.05, 0.1) is 0 Å². The number of carbonyl (C=O) groups is 4. The molecule has 0 unspecified atom stereocenters. The van der Waals surface area contributed by atoms with Crippen LogP contribution in [0.1, 0.15) is 103 Å². The molecule has 3 rings (SSSR count). The summed E-state index contributed by atoms with van der Waals surface area (Å²) >= 11 is 0. The molecule has 0 radical (unpaired) electrons. The maximum absolute atomic E-state index is 12.3. The Morgan fingerprint density at radius 2 is 0.525 bits per heavy atom. The molecule has 0 bridgehead atoms. The van der Waals surface area contributed by atoms with Crippen LogP contribution in [0.3, 0.4) is 0 Å². The van der Waals surface area contributed by atoms with Crippen molar-refractivity contribution in [2.24, 2.45) is 0 Å². The molecular weight excluding hydrogens is 512 g/mol. The molecule has 1 aliphatic heterocycles. The second kappa shape index (κ2) is 17.8. The highest BCUT2D eigenvalue weighted by atomic mass is 16.6. The van der Waals surface area contributed by atoms with Gasteiger partial charge in [-0.2, -0.15) is 0 Å². The first kappa shape index (κ1) is 30.9. The van der Waals surface area contributed by atoms with Crippen LogP contribution in [0.4, 0.5) is 0 Å². The zero-order valence-electron chi connectivity index (χ0n) is 23.2. The predicted octanol–water partition coefficient (Wildman–Crippen LogP) is 7.26. The molecule has 40 heavy (non-hydrogen) atoms. The van der Waals surface area contributed by atoms with Gasteiger partial charge in [-0.05, 0) is 49.9 Å². The number of benzene rings is 2. The number of esters is 4. The van der Waals surface area contributed by atoms with Crippen molar-refractivity contribution in [3.8, 4) is 23.0 Å². The zero-order chi connectivity index (χ0) is 28.4. The van der Waals surface area contributed by atoms with Crippen LogP contribution in [0.5, 0.6) is 23.0 Å². The largest absolute Gasteiger partial charge is 0.423 e. The Labute approximate surface area is 236 Å². The van der Waals surface area contributed by atoms with Crippen LogP contribution in [0, 0.1) is 0 Å². The van der Waals surface area contributed by atoms with Gasteiger partial charge in [0, 0.05) is 25.7 Å². The van der Waals surface area contributed by atoms with Crippen molar-refractivity contribution in [2.75, 3.05) is 0 Å². The molecule has 0 atom stereocenters. The van der Waals surface area contributed by atoms with Crippen LogP contribution >= 0.6 is 0 Å². The average molecular weight is 553 g/mol. The Hall–Kier alpha value is -3.68. The van der Waals surface area contributed by atoms with Gasteiger partial charge in [0.25, 0.3) is 0 Å². The standard InChI is InChI=1S/C32H40O8/c33-29-21-9-5-1-2-6-10-22-30(34)38-27-19-15-16-20-28(27)40-32(36)24-12-8-4-3-7-11-23-31(35)39-26-18-14-13-17-25(26)37-29/h13-20H,1-12,21-24H2. The SMILES string of the molecule is O=C1CCCCCCCCC(=O)Oc2ccccc2OC(=O)CCCCCCCCC(=O)Oc2ccccc2O1. The van der Waals surface area contributed by atoms with Crippen LogP contribution in [-0.2, 0) is 19.2 Å². The lowest BCUT2D eigenvalue weighted by Crippen LogP contribution is -2.12. The molecule has 0 saturated heterocycles. The molecule has 2 aromatic carbocycles. The van der Waals surface area contributed by atoms with Gasteiger partial charge in [-0.15, -0.1) is 0 Å². The number of ether oxygens (including phenoxy) is 4. The van der Waals surface area contributed by atoms with Gasteiger partial charge in [-0.3, -0.25) is 19.2 Å². The number of hydrogen-bond donors (Lipinski definition) is 0. The Morgan fingerprint density at radius 1 is 0.325 bits per heavy atom. The van der Waals surface area contributed by atoms with Crippen LogP contribution in [0.15, 0.2) is 48.5 Å². The van der Waals surface area contributed by atoms with E-state index in [9.17, 15) is 19.2 Å². The number of fused-ring (bicyclic) bond motifs is 2. The Balaban J connectivity index is 1.52. The minimum Gasteiger partial charge on any atom is -0.423 e. The monoisotopic (exact) mass is 552 g/mol. The molecule has 8 nitrogen and oxygen atoms in total. The van der Waals surface area contributed by atoms with Crippen molar-refractivity contribution in [3.05, 3.63) is 48.5 Å². The van der Waals surface area contributed by atoms with Crippen molar-refractivity contribution in [1.82, 2.24) is 0 Å². The fourth-order valence-electron chi connectivity index (χ4n) is 4.42. The fourth-order valence-corrected chi connectivity index (χ4v) is 4.42. The first-order valence-electron chi connectivity index (χ1n) is 14.5. The van der Waals surface area contributed by atoms with E-state index in [0.717, 1.165) is 51.4 Å². The second-order valence-electron chi connectivity index (χ2n) is 10.0. The van der Waals surface area contributed by atoms with E-state index >= 15 is 0 Å². The number of rotatable bonds is 0. The van der Waals surface area contributed by atoms with Crippen LogP contribution in [0.2, 0.25) is 0 Å². The Morgan fingerprint density at radius 3 is 0.750 bits per heavy atom. The first-order chi connectivity index (χ1) is 19.5. The predicted molar refractivity (Wildman–Crippen MR) is 149 cm³/mol. The summed E-state index contributed by atoms with van der Waals surface area (Å²) in [7, 11) is 0. The van der Waals surface area contributed by atoms with Gasteiger partial charge >= 0.3 is 23.9 Å². The van der Waals surface area contributed by atoms with Crippen molar-refractivity contribution < 1.29 is 38.1 Å². The molecule has 0 aromatic heterocycles. The Bertz CT molecular complexity index is 936. The van der Waals surface area contributed by atoms with Crippen LogP contribution in [-0.4, -0.2) is 23.9 Å². The summed E-state index contributed by atoms with van der Waals surface area (Å²) in [6.07, 6.45) is 11.1. The van der Waals surface area contributed by atoms with Gasteiger partial charge in [0.1, 0.15) is 0 Å². The van der Waals surface area contributed by atoms with Crippen molar-refractivity contribution in [1.29, 1.82) is 0 Å². The summed E-state index contributed by atoms with van der Waals surface area (Å²) in [5.41, 5.74) is 0. The average Bonchev–Trinajstić information content (AvgIpc) is 2.93. The minimum absolute atomic E-state index is 0.252. The molecule has 0 N–H and O–H groups in total. The quantitative estimate of drug-likeness (QED) is 0.248. The van der Waals surface area contributed by atoms with E-state index < -0.39 is 0 Å². The highest BCUT2D eigenvalue weighted by Gasteiger charge is 2.15. The lowest BCUT2D eigenvalue weighted by atomic mass is 10.1. The van der Waals surface area contributed by atoms with Crippen molar-refractivity contribution in [3.63, 3.8) is 0 Å². The molecule has 1 aliphatic rings. The van der Waals surface area contributed by atoms with Gasteiger partial charge in [-0.1, -0.05) is 75.6 Å². The van der Waals surface area contributed by atoms with E-state index in [4.69, 9.17) is 18.9 Å². The smallest absolute Gasteiger partial charge is 0.311 e. The summed E-state index contributed by atoms with van der Waals surface area (Å²) in [6.45, 7) is 0. The third kappa shape index (κ3) is 12.0. The van der Waals surface area contributed by atoms with Gasteiger partial charge < -0.3 is 18.9 Å². The van der Waals surface area contributed by atoms with E-state index in [-0.39, 0.29) is 72.6 Å². The maximum atomic E-state index is 12.3. The maximum Gasteiger partial charge on any atom is 0.311 e. The van der Waals surface area contributed by atoms with Gasteiger partial charge in [0.2, 0.25) is 0 Å². The van der Waals surface area contributed by atoms with E-state index in [1.54, 1.807) is 48.5 Å². The molecule has 1 heterocycles. The lowest BCUT2D eigenvalue weighted by molar-refractivity contribution is -0.137. The van der Waals surface area contributed by atoms with Gasteiger partial charge in [-0.25, -0.2) is 0 Å². The van der Waals surface area contributed by atoms with Crippen LogP contribution in [0.25, 0.3) is 0 Å². The second-order valence-corrected chi connectivity index (χ2v) is 10.0. The third-order valence-corrected chi connectivity index (χ3v) is 6.62. The van der Waals surface area contributed by atoms with Crippen LogP contribution < -0.4 is 18.9 Å². The summed E-state index contributed by atoms with van der Waals surface area (Å²) in [4.78, 5) is 49.3. The first-order valence-corrected chi connectivity index (χ1v) is 14.5. The topological polar surface area (TPSA) is 105 Å². The summed E-state index contributed by atoms with van der Waals surface area (Å²) < 4.78 is 21.9. The molecule has 0 amide bonds. The Kier molecular flexibility index (Phi) is 13.7. The molecule has 0 fully saturated rings. The highest BCUT2D eigenvalue weighted by Crippen LogP contribution is 2.29. The fraction of sp³-hybridized carbons (Fsp3) is 0.500. The van der Waals surface area contributed by atoms with E-state index in [1.165, 1.54) is 0 Å². The minimum atomic E-state index is -0.356. The molecule has 8 heteroatoms. The number of carbonyl (C=O) groups excluding carboxylic acids is 4. The molecular formula is C32H40O8. The number of hydrogen-bond acceptors (Lipinski definition) is 8. The number of para-hydroxylation sites is 4. The zero-order valence-corrected chi connectivity index (χ0v) is 23.2. The van der Waals surface area contributed by atoms with Crippen molar-refractivity contribution in [2.45, 2.75) is 103 Å². The summed E-state index contributed by atoms with van der Waals surface area (Å²) in [5.74, 6) is -0.417. The summed E-state index contributed by atoms with van der Waals surface area (Å²) in [6, 6.07) is 13.4. The third-order valence-electron chi connectivity index (χ3n) is 6.62.